The summed E-state index contributed by atoms with van der Waals surface area (Å²) >= 11 is 0. The highest BCUT2D eigenvalue weighted by molar-refractivity contribution is 5.76. The van der Waals surface area contributed by atoms with Gasteiger partial charge in [0.25, 0.3) is 0 Å². The molecule has 0 aliphatic rings. The third-order valence-corrected chi connectivity index (χ3v) is 9.24. The van der Waals surface area contributed by atoms with Crippen LogP contribution in [0.3, 0.4) is 0 Å². The van der Waals surface area contributed by atoms with E-state index in [1.54, 1.807) is 0 Å². The first-order chi connectivity index (χ1) is 27.2. The minimum atomic E-state index is -0.666. The maximum Gasteiger partial charge on any atom is 0.220 e. The first kappa shape index (κ1) is 51.8. The summed E-state index contributed by atoms with van der Waals surface area (Å²) in [7, 11) is 0. The van der Waals surface area contributed by atoms with Crippen molar-refractivity contribution in [2.75, 3.05) is 6.61 Å². The van der Waals surface area contributed by atoms with Crippen LogP contribution in [0.2, 0.25) is 0 Å². The topological polar surface area (TPSA) is 69.6 Å². The number of amides is 1. The van der Waals surface area contributed by atoms with Crippen molar-refractivity contribution in [3.8, 4) is 0 Å². The van der Waals surface area contributed by atoms with Gasteiger partial charge in [-0.2, -0.15) is 0 Å². The molecule has 0 aliphatic carbocycles. The monoisotopic (exact) mass is 758 g/mol. The van der Waals surface area contributed by atoms with Crippen LogP contribution in [0.15, 0.2) is 122 Å². The van der Waals surface area contributed by atoms with Gasteiger partial charge in [0, 0.05) is 6.42 Å². The number of carbonyl (C=O) groups is 1. The lowest BCUT2D eigenvalue weighted by Gasteiger charge is -2.22. The van der Waals surface area contributed by atoms with E-state index >= 15 is 0 Å². The van der Waals surface area contributed by atoms with Gasteiger partial charge in [0.1, 0.15) is 0 Å². The molecular weight excluding hydrogens is 675 g/mol. The van der Waals surface area contributed by atoms with Crippen molar-refractivity contribution in [3.05, 3.63) is 122 Å². The second-order valence-corrected chi connectivity index (χ2v) is 14.4. The second-order valence-electron chi connectivity index (χ2n) is 14.4. The van der Waals surface area contributed by atoms with Gasteiger partial charge in [0.2, 0.25) is 5.91 Å². The highest BCUT2D eigenvalue weighted by Gasteiger charge is 2.19. The van der Waals surface area contributed by atoms with E-state index in [9.17, 15) is 15.0 Å². The molecule has 2 unspecified atom stereocenters. The Kier molecular flexibility index (Phi) is 42.5. The van der Waals surface area contributed by atoms with Crippen LogP contribution in [-0.2, 0) is 4.79 Å². The smallest absolute Gasteiger partial charge is 0.220 e. The zero-order chi connectivity index (χ0) is 40.0. The van der Waals surface area contributed by atoms with E-state index in [1.807, 2.05) is 0 Å². The molecule has 0 bridgehead atoms. The van der Waals surface area contributed by atoms with Gasteiger partial charge in [-0.05, 0) is 89.9 Å². The Balaban J connectivity index is 3.60. The van der Waals surface area contributed by atoms with Crippen molar-refractivity contribution in [2.24, 2.45) is 0 Å². The van der Waals surface area contributed by atoms with Crippen LogP contribution < -0.4 is 5.32 Å². The number of hydrogen-bond acceptors (Lipinski definition) is 3. The van der Waals surface area contributed by atoms with Gasteiger partial charge in [0.15, 0.2) is 0 Å². The molecule has 0 heterocycles. The fourth-order valence-electron chi connectivity index (χ4n) is 5.86. The van der Waals surface area contributed by atoms with E-state index in [-0.39, 0.29) is 12.5 Å². The van der Waals surface area contributed by atoms with E-state index in [1.165, 1.54) is 38.5 Å². The summed E-state index contributed by atoms with van der Waals surface area (Å²) in [5.74, 6) is -0.0561. The third kappa shape index (κ3) is 41.8. The average molecular weight is 758 g/mol. The fraction of sp³-hybridized carbons (Fsp3) is 0.588. The summed E-state index contributed by atoms with van der Waals surface area (Å²) in [5, 5.41) is 22.7. The summed E-state index contributed by atoms with van der Waals surface area (Å²) in [6.07, 6.45) is 70.4. The summed E-state index contributed by atoms with van der Waals surface area (Å²) in [4.78, 5) is 12.2. The Hall–Kier alpha value is -3.21. The highest BCUT2D eigenvalue weighted by Crippen LogP contribution is 2.12. The normalized spacial score (nSPS) is 14.2. The molecule has 0 saturated carbocycles. The number of aliphatic hydroxyl groups excluding tert-OH is 2. The van der Waals surface area contributed by atoms with Crippen LogP contribution >= 0.6 is 0 Å². The summed E-state index contributed by atoms with van der Waals surface area (Å²) in [6, 6.07) is -0.544. The summed E-state index contributed by atoms with van der Waals surface area (Å²) in [5.41, 5.74) is 0. The fourth-order valence-corrected chi connectivity index (χ4v) is 5.86. The largest absolute Gasteiger partial charge is 0.394 e. The quantitative estimate of drug-likeness (QED) is 0.0434. The van der Waals surface area contributed by atoms with Crippen molar-refractivity contribution in [3.63, 3.8) is 0 Å². The van der Waals surface area contributed by atoms with E-state index in [0.29, 0.717) is 12.8 Å². The molecule has 0 aromatic heterocycles. The second kappa shape index (κ2) is 45.2. The molecule has 0 aromatic rings. The van der Waals surface area contributed by atoms with Crippen molar-refractivity contribution in [1.82, 2.24) is 5.32 Å². The zero-order valence-corrected chi connectivity index (χ0v) is 35.4. The molecule has 0 rings (SSSR count). The van der Waals surface area contributed by atoms with Crippen LogP contribution in [0.4, 0.5) is 0 Å². The van der Waals surface area contributed by atoms with Gasteiger partial charge in [0.05, 0.1) is 18.8 Å². The molecule has 3 N–H and O–H groups in total. The predicted octanol–water partition coefficient (Wildman–Crippen LogP) is 14.2. The Morgan fingerprint density at radius 1 is 0.455 bits per heavy atom. The Morgan fingerprint density at radius 2 is 0.800 bits per heavy atom. The van der Waals surface area contributed by atoms with E-state index in [4.69, 9.17) is 0 Å². The Morgan fingerprint density at radius 3 is 1.18 bits per heavy atom. The molecule has 0 saturated heterocycles. The number of aliphatic hydroxyl groups is 2. The van der Waals surface area contributed by atoms with Crippen molar-refractivity contribution >= 4 is 5.91 Å². The number of unbranched alkanes of at least 4 members (excludes halogenated alkanes) is 11. The van der Waals surface area contributed by atoms with Crippen LogP contribution in [0.5, 0.6) is 0 Å². The molecule has 1 amide bonds. The highest BCUT2D eigenvalue weighted by atomic mass is 16.3. The number of rotatable bonds is 38. The van der Waals surface area contributed by atoms with E-state index < -0.39 is 12.1 Å². The SMILES string of the molecule is CC/C=C\C/C=C\C/C=C\C/C=C\C/C=C\C/C=C\C/C=C\C/C=C\C/C=C\C/C=C\CCCCCCCCCCC(=O)NC(CO)C(O)CCCCCC. The van der Waals surface area contributed by atoms with Gasteiger partial charge in [-0.1, -0.05) is 200 Å². The molecular formula is C51H83NO3. The van der Waals surface area contributed by atoms with Gasteiger partial charge < -0.3 is 15.5 Å². The number of allylic oxidation sites excluding steroid dienone is 20. The maximum atomic E-state index is 12.2. The maximum absolute atomic E-state index is 12.2. The molecule has 0 radical (unpaired) electrons. The van der Waals surface area contributed by atoms with E-state index in [2.05, 4.69) is 141 Å². The lowest BCUT2D eigenvalue weighted by molar-refractivity contribution is -0.123. The predicted molar refractivity (Wildman–Crippen MR) is 243 cm³/mol. The first-order valence-electron chi connectivity index (χ1n) is 22.2. The molecule has 0 fully saturated rings. The third-order valence-electron chi connectivity index (χ3n) is 9.24. The zero-order valence-electron chi connectivity index (χ0n) is 35.4. The molecule has 4 nitrogen and oxygen atoms in total. The number of carbonyl (C=O) groups excluding carboxylic acids is 1. The Labute approximate surface area is 339 Å². The van der Waals surface area contributed by atoms with Gasteiger partial charge in [-0.25, -0.2) is 0 Å². The average Bonchev–Trinajstić information content (AvgIpc) is 3.19. The van der Waals surface area contributed by atoms with Crippen molar-refractivity contribution in [1.29, 1.82) is 0 Å². The standard InChI is InChI=1S/C51H83NO3/c1-3-5-7-9-10-11-12-13-14-15-16-17-18-19-20-21-22-23-24-25-26-27-28-29-30-31-32-33-34-35-36-37-38-39-40-41-42-43-45-47-51(55)52-49(48-53)50(54)46-44-8-6-4-2/h5,7,10-11,13-14,16-17,19-20,22-23,25-26,28-29,31-32,34-35,49-50,53-54H,3-4,6,8-9,12,15,18,21,24,27,30,33,36-48H2,1-2H3,(H,52,55)/b7-5-,11-10-,14-13-,17-16-,20-19-,23-22-,26-25-,29-28-,32-31-,35-34-. The first-order valence-corrected chi connectivity index (χ1v) is 22.2. The summed E-state index contributed by atoms with van der Waals surface area (Å²) < 4.78 is 0. The number of nitrogens with one attached hydrogen (secondary N) is 1. The minimum absolute atomic E-state index is 0.0561. The van der Waals surface area contributed by atoms with Gasteiger partial charge >= 0.3 is 0 Å². The van der Waals surface area contributed by atoms with Crippen LogP contribution in [0, 0.1) is 0 Å². The minimum Gasteiger partial charge on any atom is -0.394 e. The van der Waals surface area contributed by atoms with Crippen molar-refractivity contribution < 1.29 is 15.0 Å². The molecule has 0 aliphatic heterocycles. The van der Waals surface area contributed by atoms with Crippen molar-refractivity contribution in [2.45, 2.75) is 187 Å². The van der Waals surface area contributed by atoms with E-state index in [0.717, 1.165) is 109 Å². The molecule has 2 atom stereocenters. The van der Waals surface area contributed by atoms with Crippen LogP contribution in [-0.4, -0.2) is 34.9 Å². The molecule has 0 spiro atoms. The van der Waals surface area contributed by atoms with Gasteiger partial charge in [-0.15, -0.1) is 0 Å². The van der Waals surface area contributed by atoms with Gasteiger partial charge in [-0.3, -0.25) is 4.79 Å². The van der Waals surface area contributed by atoms with Crippen LogP contribution in [0.1, 0.15) is 174 Å². The van der Waals surface area contributed by atoms with Crippen LogP contribution in [0.25, 0.3) is 0 Å². The molecule has 4 heteroatoms. The number of hydrogen-bond donors (Lipinski definition) is 3. The lowest BCUT2D eigenvalue weighted by atomic mass is 10.0. The molecule has 0 aromatic carbocycles. The molecule has 310 valence electrons. The lowest BCUT2D eigenvalue weighted by Crippen LogP contribution is -2.45. The Bertz CT molecular complexity index is 1130. The summed E-state index contributed by atoms with van der Waals surface area (Å²) in [6.45, 7) is 4.11. The molecule has 55 heavy (non-hydrogen) atoms.